The van der Waals surface area contributed by atoms with Gasteiger partial charge in [0.2, 0.25) is 0 Å². The van der Waals surface area contributed by atoms with E-state index in [1.807, 2.05) is 45.0 Å². The molecule has 24 heavy (non-hydrogen) atoms. The minimum Gasteiger partial charge on any atom is -0.396 e. The predicted octanol–water partition coefficient (Wildman–Crippen LogP) is 3.61. The molecule has 0 fully saturated rings. The minimum atomic E-state index is -0.0416. The largest absolute Gasteiger partial charge is 0.396 e. The summed E-state index contributed by atoms with van der Waals surface area (Å²) in [6.07, 6.45) is 1.48. The van der Waals surface area contributed by atoms with E-state index in [2.05, 4.69) is 28.9 Å². The molecular formula is C20H28N2O2. The Hall–Kier alpha value is -2.07. The van der Waals surface area contributed by atoms with Crippen LogP contribution in [0.2, 0.25) is 0 Å². The molecule has 1 aromatic carbocycles. The first kappa shape index (κ1) is 18.3. The number of aromatic nitrogens is 1. The van der Waals surface area contributed by atoms with Gasteiger partial charge in [0.25, 0.3) is 5.91 Å². The van der Waals surface area contributed by atoms with Gasteiger partial charge < -0.3 is 15.0 Å². The van der Waals surface area contributed by atoms with E-state index in [0.717, 1.165) is 23.4 Å². The highest BCUT2D eigenvalue weighted by molar-refractivity contribution is 5.95. The molecule has 0 radical (unpaired) electrons. The van der Waals surface area contributed by atoms with Crippen molar-refractivity contribution in [2.24, 2.45) is 0 Å². The second kappa shape index (κ2) is 8.15. The lowest BCUT2D eigenvalue weighted by molar-refractivity contribution is 0.0935. The zero-order valence-corrected chi connectivity index (χ0v) is 15.0. The molecular weight excluding hydrogens is 300 g/mol. The molecule has 2 N–H and O–H groups in total. The molecule has 4 nitrogen and oxygen atoms in total. The van der Waals surface area contributed by atoms with Crippen LogP contribution in [0.4, 0.5) is 0 Å². The number of rotatable bonds is 7. The smallest absolute Gasteiger partial charge is 0.253 e. The van der Waals surface area contributed by atoms with Crippen molar-refractivity contribution < 1.29 is 9.90 Å². The number of nitrogens with zero attached hydrogens (tertiary/aromatic N) is 1. The summed E-state index contributed by atoms with van der Waals surface area (Å²) in [5.41, 5.74) is 4.02. The van der Waals surface area contributed by atoms with Gasteiger partial charge in [-0.1, -0.05) is 30.3 Å². The number of nitrogens with one attached hydrogen (secondary N) is 1. The summed E-state index contributed by atoms with van der Waals surface area (Å²) in [4.78, 5) is 12.6. The molecule has 2 atom stereocenters. The molecule has 0 aliphatic rings. The maximum absolute atomic E-state index is 12.6. The Morgan fingerprint density at radius 1 is 1.21 bits per heavy atom. The number of aliphatic hydroxyl groups is 1. The SMILES string of the molecule is Cc1cc(C(=O)NC(C)CCCO)c(C)n1C(C)c1ccccc1. The Balaban J connectivity index is 2.21. The Labute approximate surface area is 144 Å². The molecule has 0 aliphatic carbocycles. The maximum atomic E-state index is 12.6. The Bertz CT molecular complexity index is 676. The first-order chi connectivity index (χ1) is 11.5. The summed E-state index contributed by atoms with van der Waals surface area (Å²) >= 11 is 0. The van der Waals surface area contributed by atoms with Crippen LogP contribution in [0.1, 0.15) is 60.0 Å². The van der Waals surface area contributed by atoms with Gasteiger partial charge in [-0.3, -0.25) is 4.79 Å². The van der Waals surface area contributed by atoms with Crippen LogP contribution in [-0.4, -0.2) is 28.2 Å². The van der Waals surface area contributed by atoms with Gasteiger partial charge in [0.1, 0.15) is 0 Å². The average molecular weight is 328 g/mol. The highest BCUT2D eigenvalue weighted by Gasteiger charge is 2.20. The number of hydrogen-bond donors (Lipinski definition) is 2. The van der Waals surface area contributed by atoms with E-state index in [4.69, 9.17) is 5.11 Å². The van der Waals surface area contributed by atoms with Gasteiger partial charge in [0, 0.05) is 24.0 Å². The molecule has 1 amide bonds. The maximum Gasteiger partial charge on any atom is 0.253 e. The van der Waals surface area contributed by atoms with Crippen molar-refractivity contribution in [2.75, 3.05) is 6.61 Å². The van der Waals surface area contributed by atoms with Crippen molar-refractivity contribution in [1.29, 1.82) is 0 Å². The summed E-state index contributed by atoms with van der Waals surface area (Å²) in [6.45, 7) is 8.32. The van der Waals surface area contributed by atoms with E-state index >= 15 is 0 Å². The van der Waals surface area contributed by atoms with Crippen LogP contribution in [0, 0.1) is 13.8 Å². The molecule has 0 saturated carbocycles. The third kappa shape index (κ3) is 4.06. The van der Waals surface area contributed by atoms with E-state index in [-0.39, 0.29) is 24.6 Å². The zero-order valence-electron chi connectivity index (χ0n) is 15.0. The van der Waals surface area contributed by atoms with Crippen molar-refractivity contribution in [1.82, 2.24) is 9.88 Å². The fourth-order valence-electron chi connectivity index (χ4n) is 3.25. The van der Waals surface area contributed by atoms with E-state index in [0.29, 0.717) is 6.42 Å². The molecule has 0 spiro atoms. The number of aryl methyl sites for hydroxylation is 1. The molecule has 1 heterocycles. The average Bonchev–Trinajstić information content (AvgIpc) is 2.87. The second-order valence-corrected chi connectivity index (χ2v) is 6.48. The van der Waals surface area contributed by atoms with Crippen molar-refractivity contribution in [3.8, 4) is 0 Å². The highest BCUT2D eigenvalue weighted by Crippen LogP contribution is 2.25. The summed E-state index contributed by atoms with van der Waals surface area (Å²) in [5, 5.41) is 11.9. The van der Waals surface area contributed by atoms with Crippen molar-refractivity contribution >= 4 is 5.91 Å². The third-order valence-corrected chi connectivity index (χ3v) is 4.57. The highest BCUT2D eigenvalue weighted by atomic mass is 16.3. The number of carbonyl (C=O) groups is 1. The Kier molecular flexibility index (Phi) is 6.21. The van der Waals surface area contributed by atoms with Crippen LogP contribution >= 0.6 is 0 Å². The van der Waals surface area contributed by atoms with Crippen molar-refractivity contribution in [3.63, 3.8) is 0 Å². The zero-order chi connectivity index (χ0) is 17.7. The topological polar surface area (TPSA) is 54.3 Å². The van der Waals surface area contributed by atoms with Gasteiger partial charge in [-0.05, 0) is 52.2 Å². The number of aliphatic hydroxyl groups excluding tert-OH is 1. The minimum absolute atomic E-state index is 0.0416. The Morgan fingerprint density at radius 2 is 1.88 bits per heavy atom. The summed E-state index contributed by atoms with van der Waals surface area (Å²) < 4.78 is 2.21. The molecule has 130 valence electrons. The summed E-state index contributed by atoms with van der Waals surface area (Å²) in [6, 6.07) is 12.5. The van der Waals surface area contributed by atoms with Crippen LogP contribution in [0.5, 0.6) is 0 Å². The lowest BCUT2D eigenvalue weighted by Crippen LogP contribution is -2.33. The van der Waals surface area contributed by atoms with Crippen LogP contribution in [-0.2, 0) is 0 Å². The summed E-state index contributed by atoms with van der Waals surface area (Å²) in [5.74, 6) is -0.0416. The fourth-order valence-corrected chi connectivity index (χ4v) is 3.25. The second-order valence-electron chi connectivity index (χ2n) is 6.48. The van der Waals surface area contributed by atoms with Crippen LogP contribution in [0.25, 0.3) is 0 Å². The van der Waals surface area contributed by atoms with Crippen LogP contribution in [0.15, 0.2) is 36.4 Å². The fraction of sp³-hybridized carbons (Fsp3) is 0.450. The van der Waals surface area contributed by atoms with Gasteiger partial charge in [0.05, 0.1) is 11.6 Å². The molecule has 1 aromatic heterocycles. The van der Waals surface area contributed by atoms with Gasteiger partial charge in [-0.15, -0.1) is 0 Å². The number of hydrogen-bond acceptors (Lipinski definition) is 2. The van der Waals surface area contributed by atoms with Gasteiger partial charge in [0.15, 0.2) is 0 Å². The van der Waals surface area contributed by atoms with Gasteiger partial charge in [-0.2, -0.15) is 0 Å². The van der Waals surface area contributed by atoms with Crippen molar-refractivity contribution in [3.05, 3.63) is 58.9 Å². The Morgan fingerprint density at radius 3 is 2.50 bits per heavy atom. The van der Waals surface area contributed by atoms with E-state index in [1.165, 1.54) is 5.56 Å². The number of benzene rings is 1. The van der Waals surface area contributed by atoms with Crippen molar-refractivity contribution in [2.45, 2.75) is 52.6 Å². The molecule has 2 aromatic rings. The van der Waals surface area contributed by atoms with E-state index in [1.54, 1.807) is 0 Å². The van der Waals surface area contributed by atoms with Crippen LogP contribution < -0.4 is 5.32 Å². The lowest BCUT2D eigenvalue weighted by Gasteiger charge is -2.19. The molecule has 2 unspecified atom stereocenters. The number of amides is 1. The predicted molar refractivity (Wildman–Crippen MR) is 97.4 cm³/mol. The summed E-state index contributed by atoms with van der Waals surface area (Å²) in [7, 11) is 0. The first-order valence-electron chi connectivity index (χ1n) is 8.60. The van der Waals surface area contributed by atoms with Gasteiger partial charge in [-0.25, -0.2) is 0 Å². The molecule has 2 rings (SSSR count). The molecule has 0 saturated heterocycles. The van der Waals surface area contributed by atoms with E-state index in [9.17, 15) is 4.79 Å². The van der Waals surface area contributed by atoms with E-state index < -0.39 is 0 Å². The first-order valence-corrected chi connectivity index (χ1v) is 8.60. The molecule has 4 heteroatoms. The molecule has 0 aliphatic heterocycles. The normalized spacial score (nSPS) is 13.5. The van der Waals surface area contributed by atoms with Gasteiger partial charge >= 0.3 is 0 Å². The molecule has 0 bridgehead atoms. The monoisotopic (exact) mass is 328 g/mol. The lowest BCUT2D eigenvalue weighted by atomic mass is 10.1. The quantitative estimate of drug-likeness (QED) is 0.816. The number of carbonyl (C=O) groups excluding carboxylic acids is 1. The van der Waals surface area contributed by atoms with Crippen LogP contribution in [0.3, 0.4) is 0 Å². The standard InChI is InChI=1S/C20H28N2O2/c1-14(9-8-12-23)21-20(24)19-13-15(2)22(17(19)4)16(3)18-10-6-5-7-11-18/h5-7,10-11,13-14,16,23H,8-9,12H2,1-4H3,(H,21,24). The third-order valence-electron chi connectivity index (χ3n) is 4.57.